The summed E-state index contributed by atoms with van der Waals surface area (Å²) < 4.78 is 0. The smallest absolute Gasteiger partial charge is 0.327 e. The number of likely N-dealkylation sites (tertiary alicyclic amines) is 3. The van der Waals surface area contributed by atoms with E-state index in [0.29, 0.717) is 60.1 Å². The minimum Gasteiger partial charge on any atom is -0.481 e. The molecular weight excluding hydrogens is 1890 g/mol. The first kappa shape index (κ1) is 114. The highest BCUT2D eigenvalue weighted by atomic mass is 32.2. The molecule has 3 aromatic heterocycles. The topological polar surface area (TPSA) is 744 Å². The van der Waals surface area contributed by atoms with Gasteiger partial charge in [-0.05, 0) is 125 Å². The number of hydrogen-bond donors (Lipinski definition) is 27. The van der Waals surface area contributed by atoms with E-state index in [2.05, 4.69) is 130 Å². The number of benzene rings is 1. The maximum atomic E-state index is 14.8. The Balaban J connectivity index is 0.977. The largest absolute Gasteiger partial charge is 0.481 e. The van der Waals surface area contributed by atoms with Crippen LogP contribution in [0.5, 0.6) is 0 Å². The average Bonchev–Trinajstić information content (AvgIpc) is 1.86. The molecule has 17 amide bonds. The van der Waals surface area contributed by atoms with Gasteiger partial charge in [0.1, 0.15) is 90.6 Å². The fourth-order valence-electron chi connectivity index (χ4n) is 16.2. The SMILES string of the molecule is CSCC[C@H](N)C(=O)N1CCC[C@H]1C(=O)N[C@@H](Cc1cnc[nH]1)C(=O)N1CCC[C@H]1C(=O)N[C@@H](CS)C(=O)N[C@@H](CC(C)C)C(=O)N1CCC[C@H]1C(=O)N[C@H](C(=O)N[C@@H](CO)C(=O)N[C@H](C(=O)N[C@@H](Cc1cnc[nH]1)C(=O)N[C@@H](CC(C)C)C(=O)N[C@@H](CCC(=O)O)C(=O)NCC(=O)N[C@@H](CCCNC(=N)N)C(=O)N[C@@H](Cc1c[nH]c2ccccc12)C(=O)NCC(=O)N[C@@H](CS)C(=O)O)[C@@H](C)O)C(C)C. The highest BCUT2D eigenvalue weighted by Gasteiger charge is 2.46. The molecule has 3 aliphatic heterocycles. The van der Waals surface area contributed by atoms with Gasteiger partial charge < -0.3 is 141 Å². The molecule has 0 aliphatic carbocycles. The van der Waals surface area contributed by atoms with Gasteiger partial charge in [0, 0.05) is 104 Å². The molecule has 3 aliphatic rings. The monoisotopic (exact) mass is 2020 g/mol. The molecule has 3 saturated heterocycles. The summed E-state index contributed by atoms with van der Waals surface area (Å²) in [5.41, 5.74) is 13.6. The fourth-order valence-corrected chi connectivity index (χ4v) is 17.2. The number of carbonyl (C=O) groups is 19. The Kier molecular flexibility index (Phi) is 46.2. The van der Waals surface area contributed by atoms with Gasteiger partial charge in [0.25, 0.3) is 0 Å². The summed E-state index contributed by atoms with van der Waals surface area (Å²) in [5, 5.41) is 86.9. The number of nitrogens with one attached hydrogen (secondary N) is 19. The van der Waals surface area contributed by atoms with Crippen molar-refractivity contribution in [2.24, 2.45) is 29.2 Å². The lowest BCUT2D eigenvalue weighted by molar-refractivity contribution is -0.144. The van der Waals surface area contributed by atoms with E-state index in [-0.39, 0.29) is 106 Å². The summed E-state index contributed by atoms with van der Waals surface area (Å²) in [5.74, 6) is -19.8. The number of rotatable bonds is 57. The lowest BCUT2D eigenvalue weighted by Crippen LogP contribution is -2.63. The average molecular weight is 2020 g/mol. The standard InChI is InChI=1S/C88H134N26O23S3/c1-44(2)29-56(75(124)102-55(21-22-69(119)120)72(121)96-37-67(117)100-54(17-11-24-94-88(90)91)74(123)104-57(31-48-34-95-53-16-10-9-15-51(48)53)73(122)97-38-68(118)101-63(41-139)87(136)137)103-76(125)58(32-49-35-92-42-98-49)105-83(132)71(47(7)116)111-77(126)61(39-115)108-82(131)70(46(5)6)110-81(130)66-20-14-27-114(66)85(134)59(30-45(3)4)106-78(127)62(40-138)109-80(129)65-19-13-26-113(65)86(135)60(33-50-36-93-43-99-50)107-79(128)64-18-12-25-112(64)84(133)52(89)23-28-140-8/h9-10,15-16,34-36,42-47,52,54-66,70-71,95,115-116,138-139H,11-14,17-33,37-41,89H2,1-8H3,(H,92,98)(H,93,99)(H,96,121)(H,97,122)(H,100,117)(H,101,118)(H,102,124)(H,103,125)(H,104,123)(H,105,132)(H,106,127)(H,107,128)(H,108,131)(H,109,129)(H,110,130)(H,111,126)(H,119,120)(H,136,137)(H4,90,91,94)/t47-,52+,54+,55+,56+,57+,58+,59+,60+,61+,62+,63+,64+,65+,66+,70+,71+/m1/s1. The van der Waals surface area contributed by atoms with Crippen molar-refractivity contribution in [2.75, 3.05) is 69.4 Å². The molecular formula is C88H134N26O23S3. The van der Waals surface area contributed by atoms with E-state index in [1.165, 1.54) is 51.5 Å². The van der Waals surface area contributed by atoms with Crippen LogP contribution in [0.1, 0.15) is 149 Å². The van der Waals surface area contributed by atoms with E-state index in [4.69, 9.17) is 16.9 Å². The first-order chi connectivity index (χ1) is 66.5. The third kappa shape index (κ3) is 35.0. The van der Waals surface area contributed by atoms with Crippen molar-refractivity contribution in [1.82, 2.24) is 119 Å². The number of thioether (sulfide) groups is 1. The molecule has 27 N–H and O–H groups in total. The van der Waals surface area contributed by atoms with E-state index in [1.807, 2.05) is 6.26 Å². The van der Waals surface area contributed by atoms with Crippen LogP contribution in [0, 0.1) is 23.2 Å². The number of thiol groups is 2. The van der Waals surface area contributed by atoms with Crippen LogP contribution in [-0.4, -0.2) is 351 Å². The minimum absolute atomic E-state index is 0.00464. The Labute approximate surface area is 823 Å². The van der Waals surface area contributed by atoms with Crippen molar-refractivity contribution >= 4 is 166 Å². The molecule has 7 rings (SSSR count). The number of amides is 17. The van der Waals surface area contributed by atoms with Crippen LogP contribution in [0.3, 0.4) is 0 Å². The van der Waals surface area contributed by atoms with Crippen molar-refractivity contribution in [2.45, 2.75) is 254 Å². The van der Waals surface area contributed by atoms with E-state index in [9.17, 15) is 112 Å². The van der Waals surface area contributed by atoms with Gasteiger partial charge in [-0.1, -0.05) is 59.7 Å². The molecule has 49 nitrogen and oxygen atoms in total. The van der Waals surface area contributed by atoms with Gasteiger partial charge in [0.15, 0.2) is 5.96 Å². The lowest BCUT2D eigenvalue weighted by Gasteiger charge is -2.32. The molecule has 6 heterocycles. The van der Waals surface area contributed by atoms with Crippen molar-refractivity contribution in [3.05, 3.63) is 72.5 Å². The fraction of sp³-hybridized carbons (Fsp3) is 0.614. The van der Waals surface area contributed by atoms with E-state index < -0.39 is 266 Å². The number of H-pyrrole nitrogens is 3. The molecule has 140 heavy (non-hydrogen) atoms. The van der Waals surface area contributed by atoms with E-state index in [1.54, 1.807) is 72.0 Å². The second-order valence-electron chi connectivity index (χ2n) is 35.8. The molecule has 0 radical (unpaired) electrons. The number of para-hydroxylation sites is 1. The summed E-state index contributed by atoms with van der Waals surface area (Å²) in [6.07, 6.45) is 6.98. The summed E-state index contributed by atoms with van der Waals surface area (Å²) in [4.78, 5) is 286. The molecule has 772 valence electrons. The molecule has 1 aromatic carbocycles. The Hall–Kier alpha value is -12.7. The van der Waals surface area contributed by atoms with E-state index in [0.717, 1.165) is 6.92 Å². The molecule has 3 fully saturated rings. The Bertz CT molecular complexity index is 4950. The van der Waals surface area contributed by atoms with Crippen molar-refractivity contribution in [3.8, 4) is 0 Å². The van der Waals surface area contributed by atoms with Gasteiger partial charge in [-0.2, -0.15) is 37.0 Å². The maximum absolute atomic E-state index is 14.8. The van der Waals surface area contributed by atoms with Crippen LogP contribution >= 0.6 is 37.0 Å². The van der Waals surface area contributed by atoms with Crippen LogP contribution < -0.4 is 91.2 Å². The second-order valence-corrected chi connectivity index (χ2v) is 37.5. The molecule has 0 saturated carbocycles. The normalized spacial score (nSPS) is 17.6. The number of carbonyl (C=O) groups excluding carboxylic acids is 17. The van der Waals surface area contributed by atoms with E-state index >= 15 is 0 Å². The number of fused-ring (bicyclic) bond motifs is 1. The number of aliphatic hydroxyl groups excluding tert-OH is 2. The third-order valence-corrected chi connectivity index (χ3v) is 25.0. The number of imidazole rings is 2. The predicted molar refractivity (Wildman–Crippen MR) is 515 cm³/mol. The quantitative estimate of drug-likeness (QED) is 0.00847. The van der Waals surface area contributed by atoms with Crippen LogP contribution in [-0.2, 0) is 110 Å². The van der Waals surface area contributed by atoms with Crippen LogP contribution in [0.15, 0.2) is 55.5 Å². The summed E-state index contributed by atoms with van der Waals surface area (Å²) in [6.45, 7) is 8.70. The lowest BCUT2D eigenvalue weighted by atomic mass is 10.0. The third-order valence-electron chi connectivity index (χ3n) is 23.6. The number of guanidine groups is 1. The number of aliphatic hydroxyl groups is 2. The summed E-state index contributed by atoms with van der Waals surface area (Å²) in [6, 6.07) is -15.8. The number of hydrogen-bond acceptors (Lipinski definition) is 28. The Morgan fingerprint density at radius 3 is 1.47 bits per heavy atom. The van der Waals surface area contributed by atoms with Crippen molar-refractivity contribution < 1.29 is 112 Å². The molecule has 0 unspecified atom stereocenters. The van der Waals surface area contributed by atoms with Gasteiger partial charge in [0.2, 0.25) is 100 Å². The van der Waals surface area contributed by atoms with Crippen molar-refractivity contribution in [1.29, 1.82) is 5.41 Å². The zero-order chi connectivity index (χ0) is 103. The summed E-state index contributed by atoms with van der Waals surface area (Å²) in [7, 11) is 0. The first-order valence-corrected chi connectivity index (χ1v) is 49.0. The van der Waals surface area contributed by atoms with Gasteiger partial charge in [-0.15, -0.1) is 0 Å². The van der Waals surface area contributed by atoms with Gasteiger partial charge in [-0.3, -0.25) is 91.7 Å². The number of nitrogens with two attached hydrogens (primary N) is 2. The molecule has 0 spiro atoms. The van der Waals surface area contributed by atoms with Gasteiger partial charge in [0.05, 0.1) is 44.5 Å². The van der Waals surface area contributed by atoms with Crippen molar-refractivity contribution in [3.63, 3.8) is 0 Å². The Morgan fingerprint density at radius 1 is 0.500 bits per heavy atom. The highest BCUT2D eigenvalue weighted by Crippen LogP contribution is 2.27. The number of carboxylic acids is 2. The number of aromatic nitrogens is 5. The molecule has 52 heteroatoms. The van der Waals surface area contributed by atoms with Crippen LogP contribution in [0.25, 0.3) is 10.9 Å². The minimum atomic E-state index is -1.98. The van der Waals surface area contributed by atoms with Gasteiger partial charge >= 0.3 is 11.9 Å². The highest BCUT2D eigenvalue weighted by molar-refractivity contribution is 7.98. The van der Waals surface area contributed by atoms with Crippen LogP contribution in [0.4, 0.5) is 0 Å². The zero-order valence-electron chi connectivity index (χ0n) is 79.4. The summed E-state index contributed by atoms with van der Waals surface area (Å²) >= 11 is 9.87. The number of aromatic amines is 3. The predicted octanol–water partition coefficient (Wildman–Crippen LogP) is -6.06. The van der Waals surface area contributed by atoms with Gasteiger partial charge in [-0.25, -0.2) is 14.8 Å². The molecule has 4 aromatic rings. The number of nitrogens with zero attached hydrogens (tertiary/aromatic N) is 5. The number of aliphatic carboxylic acids is 2. The second kappa shape index (κ2) is 56.5. The first-order valence-electron chi connectivity index (χ1n) is 46.3. The number of carboxylic acid groups (broad SMARTS) is 2. The molecule has 17 atom stereocenters. The Morgan fingerprint density at radius 2 is 0.950 bits per heavy atom. The zero-order valence-corrected chi connectivity index (χ0v) is 82.0. The molecule has 0 bridgehead atoms. The maximum Gasteiger partial charge on any atom is 0.327 e. The van der Waals surface area contributed by atoms with Crippen LogP contribution in [0.2, 0.25) is 0 Å².